The van der Waals surface area contributed by atoms with Gasteiger partial charge in [-0.1, -0.05) is 0 Å². The van der Waals surface area contributed by atoms with Crippen LogP contribution in [0.1, 0.15) is 30.4 Å². The first-order valence-corrected chi connectivity index (χ1v) is 5.00. The van der Waals surface area contributed by atoms with Gasteiger partial charge in [0, 0.05) is 24.5 Å². The van der Waals surface area contributed by atoms with E-state index in [0.717, 1.165) is 12.4 Å². The van der Waals surface area contributed by atoms with E-state index in [4.69, 9.17) is 0 Å². The average molecular weight is 179 g/mol. The molecule has 1 aliphatic rings. The summed E-state index contributed by atoms with van der Waals surface area (Å²) in [6.45, 7) is 6.48. The largest absolute Gasteiger partial charge is 0.328 e. The van der Waals surface area contributed by atoms with Crippen molar-refractivity contribution >= 4 is 0 Å². The molecule has 13 heavy (non-hydrogen) atoms. The van der Waals surface area contributed by atoms with E-state index in [9.17, 15) is 0 Å². The minimum absolute atomic E-state index is 0.622. The molecule has 3 heteroatoms. The Morgan fingerprint density at radius 3 is 2.92 bits per heavy atom. The normalized spacial score (nSPS) is 23.4. The number of aromatic nitrogens is 2. The zero-order chi connectivity index (χ0) is 9.26. The van der Waals surface area contributed by atoms with Crippen LogP contribution in [-0.2, 0) is 0 Å². The van der Waals surface area contributed by atoms with Crippen LogP contribution in [-0.4, -0.2) is 22.6 Å². The first-order chi connectivity index (χ1) is 6.29. The molecule has 1 unspecified atom stereocenters. The number of hydrogen-bond donors (Lipinski definition) is 1. The maximum absolute atomic E-state index is 4.33. The Balaban J connectivity index is 2.22. The third-order valence-corrected chi connectivity index (χ3v) is 2.80. The molecular formula is C10H17N3. The highest BCUT2D eigenvalue weighted by Gasteiger charge is 2.17. The minimum Gasteiger partial charge on any atom is -0.328 e. The van der Waals surface area contributed by atoms with Crippen molar-refractivity contribution in [1.29, 1.82) is 0 Å². The van der Waals surface area contributed by atoms with Crippen molar-refractivity contribution in [3.8, 4) is 0 Å². The molecule has 0 aliphatic carbocycles. The highest BCUT2D eigenvalue weighted by molar-refractivity contribution is 5.04. The summed E-state index contributed by atoms with van der Waals surface area (Å²) < 4.78 is 2.35. The zero-order valence-corrected chi connectivity index (χ0v) is 8.38. The Labute approximate surface area is 79.2 Å². The van der Waals surface area contributed by atoms with Crippen molar-refractivity contribution in [3.63, 3.8) is 0 Å². The summed E-state index contributed by atoms with van der Waals surface area (Å²) in [5, 5.41) is 3.43. The van der Waals surface area contributed by atoms with E-state index in [-0.39, 0.29) is 0 Å². The Morgan fingerprint density at radius 2 is 2.38 bits per heavy atom. The SMILES string of the molecule is Cc1cnc(C)n1C1CCCNC1. The molecule has 0 spiro atoms. The number of hydrogen-bond acceptors (Lipinski definition) is 2. The van der Waals surface area contributed by atoms with Gasteiger partial charge in [0.15, 0.2) is 0 Å². The van der Waals surface area contributed by atoms with Crippen LogP contribution in [0.2, 0.25) is 0 Å². The minimum atomic E-state index is 0.622. The predicted molar refractivity (Wildman–Crippen MR) is 52.8 cm³/mol. The summed E-state index contributed by atoms with van der Waals surface area (Å²) in [4.78, 5) is 4.33. The summed E-state index contributed by atoms with van der Waals surface area (Å²) in [5.74, 6) is 1.14. The van der Waals surface area contributed by atoms with Gasteiger partial charge in [0.1, 0.15) is 5.82 Å². The van der Waals surface area contributed by atoms with Crippen molar-refractivity contribution < 1.29 is 0 Å². The van der Waals surface area contributed by atoms with Gasteiger partial charge in [0.2, 0.25) is 0 Å². The Bertz CT molecular complexity index is 265. The zero-order valence-electron chi connectivity index (χ0n) is 8.38. The van der Waals surface area contributed by atoms with E-state index in [1.54, 1.807) is 0 Å². The standard InChI is InChI=1S/C10H17N3/c1-8-6-12-9(2)13(8)10-4-3-5-11-7-10/h6,10-11H,3-5,7H2,1-2H3. The fraction of sp³-hybridized carbons (Fsp3) is 0.700. The molecule has 1 aliphatic heterocycles. The molecule has 1 fully saturated rings. The van der Waals surface area contributed by atoms with Crippen LogP contribution in [0.25, 0.3) is 0 Å². The number of nitrogens with zero attached hydrogens (tertiary/aromatic N) is 2. The smallest absolute Gasteiger partial charge is 0.105 e. The first kappa shape index (κ1) is 8.75. The van der Waals surface area contributed by atoms with Crippen molar-refractivity contribution in [2.75, 3.05) is 13.1 Å². The van der Waals surface area contributed by atoms with Crippen LogP contribution in [0, 0.1) is 13.8 Å². The third kappa shape index (κ3) is 1.61. The lowest BCUT2D eigenvalue weighted by Crippen LogP contribution is -2.32. The number of aryl methyl sites for hydroxylation is 2. The number of piperidine rings is 1. The fourth-order valence-corrected chi connectivity index (χ4v) is 2.17. The maximum Gasteiger partial charge on any atom is 0.105 e. The van der Waals surface area contributed by atoms with Crippen LogP contribution >= 0.6 is 0 Å². The van der Waals surface area contributed by atoms with E-state index in [2.05, 4.69) is 28.7 Å². The highest BCUT2D eigenvalue weighted by Crippen LogP contribution is 2.20. The van der Waals surface area contributed by atoms with E-state index in [1.807, 2.05) is 6.20 Å². The third-order valence-electron chi connectivity index (χ3n) is 2.80. The van der Waals surface area contributed by atoms with Crippen LogP contribution in [0.15, 0.2) is 6.20 Å². The van der Waals surface area contributed by atoms with Gasteiger partial charge in [-0.25, -0.2) is 4.98 Å². The van der Waals surface area contributed by atoms with Gasteiger partial charge in [-0.2, -0.15) is 0 Å². The lowest BCUT2D eigenvalue weighted by molar-refractivity contribution is 0.362. The van der Waals surface area contributed by atoms with Crippen molar-refractivity contribution in [2.45, 2.75) is 32.7 Å². The molecule has 0 bridgehead atoms. The molecule has 1 aromatic heterocycles. The van der Waals surface area contributed by atoms with Gasteiger partial charge in [0.25, 0.3) is 0 Å². The van der Waals surface area contributed by atoms with E-state index in [1.165, 1.54) is 25.1 Å². The van der Waals surface area contributed by atoms with Crippen LogP contribution in [0.4, 0.5) is 0 Å². The van der Waals surface area contributed by atoms with E-state index in [0.29, 0.717) is 6.04 Å². The summed E-state index contributed by atoms with van der Waals surface area (Å²) >= 11 is 0. The molecular weight excluding hydrogens is 162 g/mol. The van der Waals surface area contributed by atoms with Gasteiger partial charge in [-0.3, -0.25) is 0 Å². The number of rotatable bonds is 1. The van der Waals surface area contributed by atoms with Crippen LogP contribution in [0.3, 0.4) is 0 Å². The Hall–Kier alpha value is -0.830. The van der Waals surface area contributed by atoms with E-state index >= 15 is 0 Å². The molecule has 3 nitrogen and oxygen atoms in total. The second-order valence-electron chi connectivity index (χ2n) is 3.82. The molecule has 2 rings (SSSR count). The fourth-order valence-electron chi connectivity index (χ4n) is 2.17. The molecule has 0 amide bonds. The molecule has 2 heterocycles. The second kappa shape index (κ2) is 3.50. The van der Waals surface area contributed by atoms with Crippen LogP contribution in [0.5, 0.6) is 0 Å². The van der Waals surface area contributed by atoms with Gasteiger partial charge >= 0.3 is 0 Å². The average Bonchev–Trinajstić information content (AvgIpc) is 2.48. The van der Waals surface area contributed by atoms with Crippen molar-refractivity contribution in [3.05, 3.63) is 17.7 Å². The summed E-state index contributed by atoms with van der Waals surface area (Å²) in [6.07, 6.45) is 4.52. The van der Waals surface area contributed by atoms with Crippen LogP contribution < -0.4 is 5.32 Å². The Kier molecular flexibility index (Phi) is 2.36. The topological polar surface area (TPSA) is 29.9 Å². The molecule has 1 N–H and O–H groups in total. The molecule has 0 saturated carbocycles. The summed E-state index contributed by atoms with van der Waals surface area (Å²) in [7, 11) is 0. The molecule has 0 aromatic carbocycles. The highest BCUT2D eigenvalue weighted by atomic mass is 15.1. The summed E-state index contributed by atoms with van der Waals surface area (Å²) in [5.41, 5.74) is 1.28. The Morgan fingerprint density at radius 1 is 1.54 bits per heavy atom. The lowest BCUT2D eigenvalue weighted by Gasteiger charge is -2.26. The lowest BCUT2D eigenvalue weighted by atomic mass is 10.1. The van der Waals surface area contributed by atoms with Gasteiger partial charge in [0.05, 0.1) is 0 Å². The second-order valence-corrected chi connectivity index (χ2v) is 3.82. The quantitative estimate of drug-likeness (QED) is 0.706. The predicted octanol–water partition coefficient (Wildman–Crippen LogP) is 1.42. The van der Waals surface area contributed by atoms with Gasteiger partial charge in [-0.05, 0) is 33.2 Å². The summed E-state index contributed by atoms with van der Waals surface area (Å²) in [6, 6.07) is 0.622. The van der Waals surface area contributed by atoms with Gasteiger partial charge in [-0.15, -0.1) is 0 Å². The monoisotopic (exact) mass is 179 g/mol. The number of nitrogens with one attached hydrogen (secondary N) is 1. The number of imidazole rings is 1. The van der Waals surface area contributed by atoms with E-state index < -0.39 is 0 Å². The molecule has 1 aromatic rings. The molecule has 1 saturated heterocycles. The molecule has 1 atom stereocenters. The molecule has 0 radical (unpaired) electrons. The maximum atomic E-state index is 4.33. The molecule has 72 valence electrons. The first-order valence-electron chi connectivity index (χ1n) is 5.00. The van der Waals surface area contributed by atoms with Gasteiger partial charge < -0.3 is 9.88 Å². The van der Waals surface area contributed by atoms with Crippen molar-refractivity contribution in [2.24, 2.45) is 0 Å². The van der Waals surface area contributed by atoms with Crippen molar-refractivity contribution in [1.82, 2.24) is 14.9 Å².